The highest BCUT2D eigenvalue weighted by atomic mass is 32.2. The van der Waals surface area contributed by atoms with Gasteiger partial charge in [0.05, 0.1) is 5.56 Å². The summed E-state index contributed by atoms with van der Waals surface area (Å²) < 4.78 is 311. The van der Waals surface area contributed by atoms with Gasteiger partial charge in [0.15, 0.2) is 34.9 Å². The first kappa shape index (κ1) is 37.7. The molecule has 1 N–H and O–H groups in total. The minimum absolute atomic E-state index is 0.465. The molecule has 0 bridgehead atoms. The molecule has 2 aromatic heterocycles. The topological polar surface area (TPSA) is 111 Å². The summed E-state index contributed by atoms with van der Waals surface area (Å²) in [6.07, 6.45) is -19.0. The molecule has 29 heteroatoms. The number of benzene rings is 2. The average Bonchev–Trinajstić information content (AvgIpc) is 3.33. The minimum Gasteiger partial charge on any atom is -0.411 e. The zero-order chi connectivity index (χ0) is 39.0. The van der Waals surface area contributed by atoms with Crippen LogP contribution in [-0.2, 0) is 22.4 Å². The molecule has 0 amide bonds. The number of hydrogen-bond donors (Lipinski definition) is 1. The Balaban J connectivity index is 2.09. The van der Waals surface area contributed by atoms with Crippen LogP contribution in [0.15, 0.2) is 9.31 Å². The molecule has 2 aromatic carbocycles. The average molecular weight is 795 g/mol. The first-order valence-corrected chi connectivity index (χ1v) is 13.5. The largest absolute Gasteiger partial charge is 0.470 e. The molecule has 1 fully saturated rings. The Morgan fingerprint density at radius 2 is 1.10 bits per heavy atom. The van der Waals surface area contributed by atoms with Gasteiger partial charge in [-0.25, -0.2) is 49.1 Å². The van der Waals surface area contributed by atoms with Gasteiger partial charge >= 0.3 is 36.3 Å². The minimum atomic E-state index is -7.57. The van der Waals surface area contributed by atoms with Gasteiger partial charge in [-0.3, -0.25) is 0 Å². The number of hydrogen-bond acceptors (Lipinski definition) is 7. The molecule has 1 aliphatic carbocycles. The first-order chi connectivity index (χ1) is 22.9. The summed E-state index contributed by atoms with van der Waals surface area (Å²) >= 11 is 0. The molecule has 0 unspecified atom stereocenters. The fourth-order valence-corrected chi connectivity index (χ4v) is 6.20. The van der Waals surface area contributed by atoms with Crippen molar-refractivity contribution in [3.05, 3.63) is 52.4 Å². The Kier molecular flexibility index (Phi) is 7.93. The van der Waals surface area contributed by atoms with Crippen LogP contribution in [0.25, 0.3) is 33.6 Å². The predicted octanol–water partition coefficient (Wildman–Crippen LogP) is 7.22. The van der Waals surface area contributed by atoms with Crippen LogP contribution in [0.1, 0.15) is 11.7 Å². The maximum atomic E-state index is 15.6. The van der Waals surface area contributed by atoms with E-state index in [-0.39, 0.29) is 0 Å². The third-order valence-electron chi connectivity index (χ3n) is 6.82. The molecule has 0 radical (unpaired) electrons. The first-order valence-electron chi connectivity index (χ1n) is 12.0. The molecule has 0 spiro atoms. The number of fused-ring (bicyclic) bond motifs is 1. The molecule has 0 saturated heterocycles. The number of sulfonamides is 1. The van der Waals surface area contributed by atoms with Gasteiger partial charge in [0, 0.05) is 10.9 Å². The highest BCUT2D eigenvalue weighted by Gasteiger charge is 3.06. The number of alkyl halides is 13. The normalized spacial score (nSPS) is 17.3. The van der Waals surface area contributed by atoms with E-state index in [9.17, 15) is 78.7 Å². The van der Waals surface area contributed by atoms with Crippen LogP contribution < -0.4 is 4.72 Å². The standard InChI is InChI=1S/C22HF20N5O3S/c23-4-2(5(24)7(26)8(27)6(4)25)1-3-11(43-15(17(30,31)32)44-12(3)14-45-46-16(50-14)18(33,34)35)9(28)10(29)13(1)51(48,49)47-19(22(40,41)42)20(36,37)21(19,38)39/h47H. The molecule has 8 nitrogen and oxygen atoms in total. The van der Waals surface area contributed by atoms with E-state index in [0.29, 0.717) is 0 Å². The molecule has 51 heavy (non-hydrogen) atoms. The van der Waals surface area contributed by atoms with E-state index in [1.807, 2.05) is 0 Å². The molecular formula is C22HF20N5O3S. The molecule has 1 aliphatic rings. The van der Waals surface area contributed by atoms with Gasteiger partial charge in [0.25, 0.3) is 11.4 Å². The second kappa shape index (κ2) is 10.7. The van der Waals surface area contributed by atoms with Crippen molar-refractivity contribution in [3.63, 3.8) is 0 Å². The van der Waals surface area contributed by atoms with Crippen LogP contribution in [0.2, 0.25) is 0 Å². The second-order valence-electron chi connectivity index (χ2n) is 9.81. The van der Waals surface area contributed by atoms with Crippen molar-refractivity contribution in [2.75, 3.05) is 0 Å². The Morgan fingerprint density at radius 1 is 0.608 bits per heavy atom. The molecule has 278 valence electrons. The lowest BCUT2D eigenvalue weighted by atomic mass is 9.96. The summed E-state index contributed by atoms with van der Waals surface area (Å²) in [4.78, 5) is 1.42. The number of nitrogens with one attached hydrogen (secondary N) is 1. The van der Waals surface area contributed by atoms with Gasteiger partial charge in [0.1, 0.15) is 16.1 Å². The van der Waals surface area contributed by atoms with E-state index in [1.165, 1.54) is 0 Å². The van der Waals surface area contributed by atoms with Crippen LogP contribution in [0.3, 0.4) is 0 Å². The fraction of sp³-hybridized carbons (Fsp3) is 0.273. The van der Waals surface area contributed by atoms with Gasteiger partial charge in [-0.15, -0.1) is 10.2 Å². The lowest BCUT2D eigenvalue weighted by Gasteiger charge is -2.23. The van der Waals surface area contributed by atoms with Crippen molar-refractivity contribution in [1.29, 1.82) is 0 Å². The number of rotatable bonds is 5. The summed E-state index contributed by atoms with van der Waals surface area (Å²) in [5.74, 6) is -44.0. The smallest absolute Gasteiger partial charge is 0.411 e. The third-order valence-corrected chi connectivity index (χ3v) is 8.32. The van der Waals surface area contributed by atoms with Crippen molar-refractivity contribution < 1.29 is 101 Å². The zero-order valence-corrected chi connectivity index (χ0v) is 23.3. The lowest BCUT2D eigenvalue weighted by Crippen LogP contribution is -2.54. The van der Waals surface area contributed by atoms with E-state index in [0.717, 1.165) is 0 Å². The van der Waals surface area contributed by atoms with Crippen LogP contribution in [-0.4, -0.2) is 52.1 Å². The Hall–Kier alpha value is -4.57. The number of nitrogens with zero attached hydrogens (tertiary/aromatic N) is 4. The van der Waals surface area contributed by atoms with Crippen LogP contribution in [0, 0.1) is 40.7 Å². The molecule has 2 heterocycles. The van der Waals surface area contributed by atoms with Crippen molar-refractivity contribution in [3.8, 4) is 22.7 Å². The number of aromatic nitrogens is 4. The molecule has 1 saturated carbocycles. The Morgan fingerprint density at radius 3 is 1.51 bits per heavy atom. The van der Waals surface area contributed by atoms with Gasteiger partial charge < -0.3 is 4.42 Å². The highest BCUT2D eigenvalue weighted by molar-refractivity contribution is 7.89. The van der Waals surface area contributed by atoms with Crippen LogP contribution >= 0.6 is 0 Å². The maximum Gasteiger partial charge on any atom is 0.470 e. The van der Waals surface area contributed by atoms with E-state index in [2.05, 4.69) is 24.6 Å². The molecule has 4 aromatic rings. The number of halogens is 20. The fourth-order valence-electron chi connectivity index (χ4n) is 4.53. The van der Waals surface area contributed by atoms with E-state index in [4.69, 9.17) is 0 Å². The maximum absolute atomic E-state index is 15.6. The van der Waals surface area contributed by atoms with E-state index in [1.54, 1.807) is 0 Å². The van der Waals surface area contributed by atoms with E-state index >= 15 is 17.6 Å². The van der Waals surface area contributed by atoms with Crippen LogP contribution in [0.5, 0.6) is 0 Å². The Labute approximate surface area is 263 Å². The predicted molar refractivity (Wildman–Crippen MR) is 117 cm³/mol. The molecule has 0 atom stereocenters. The summed E-state index contributed by atoms with van der Waals surface area (Å²) in [7, 11) is -7.57. The summed E-state index contributed by atoms with van der Waals surface area (Å²) in [5, 5.41) is 2.32. The van der Waals surface area contributed by atoms with Crippen LogP contribution in [0.4, 0.5) is 87.8 Å². The monoisotopic (exact) mass is 795 g/mol. The molecule has 5 rings (SSSR count). The van der Waals surface area contributed by atoms with Gasteiger partial charge in [-0.2, -0.15) is 61.8 Å². The lowest BCUT2D eigenvalue weighted by molar-refractivity contribution is -0.190. The van der Waals surface area contributed by atoms with Crippen molar-refractivity contribution in [1.82, 2.24) is 24.9 Å². The third kappa shape index (κ3) is 5.04. The summed E-state index contributed by atoms with van der Waals surface area (Å²) in [6.45, 7) is 0. The van der Waals surface area contributed by atoms with Crippen molar-refractivity contribution in [2.45, 2.75) is 40.8 Å². The van der Waals surface area contributed by atoms with E-state index < -0.39 is 142 Å². The van der Waals surface area contributed by atoms with Gasteiger partial charge in [-0.1, -0.05) is 0 Å². The zero-order valence-electron chi connectivity index (χ0n) is 22.5. The quantitative estimate of drug-likeness (QED) is 0.129. The van der Waals surface area contributed by atoms with Crippen molar-refractivity contribution in [2.24, 2.45) is 0 Å². The summed E-state index contributed by atoms with van der Waals surface area (Å²) in [5.41, 5.74) is -17.2. The van der Waals surface area contributed by atoms with Crippen molar-refractivity contribution >= 4 is 20.9 Å². The van der Waals surface area contributed by atoms with Gasteiger partial charge in [0.2, 0.25) is 21.7 Å². The molecule has 0 aliphatic heterocycles. The highest BCUT2D eigenvalue weighted by Crippen LogP contribution is 2.71. The SMILES string of the molecule is O=S(=O)(NC1(C(F)(F)F)C(F)(F)C1(F)F)c1c(F)c(F)c2nc(C(F)(F)F)nc(-c3nnc(C(F)(F)F)o3)c2c1-c1c(F)c(F)c(F)c(F)c1F. The second-order valence-corrected chi connectivity index (χ2v) is 11.4. The summed E-state index contributed by atoms with van der Waals surface area (Å²) in [6, 6.07) is 0. The van der Waals surface area contributed by atoms with Gasteiger partial charge in [-0.05, 0) is 0 Å². The molecular weight excluding hydrogens is 794 g/mol. The Bertz CT molecular complexity index is 2220.